The molecule has 1 unspecified atom stereocenters. The zero-order valence-electron chi connectivity index (χ0n) is 16.2. The molecule has 3 aromatic rings. The van der Waals surface area contributed by atoms with Crippen molar-refractivity contribution >= 4 is 48.9 Å². The van der Waals surface area contributed by atoms with Crippen LogP contribution in [0.15, 0.2) is 59.5 Å². The van der Waals surface area contributed by atoms with Crippen molar-refractivity contribution < 1.29 is 23.1 Å². The van der Waals surface area contributed by atoms with E-state index in [0.717, 1.165) is 15.0 Å². The summed E-state index contributed by atoms with van der Waals surface area (Å²) in [6.07, 6.45) is 0.320. The van der Waals surface area contributed by atoms with Crippen LogP contribution >= 0.6 is 11.3 Å². The van der Waals surface area contributed by atoms with Crippen LogP contribution in [0.3, 0.4) is 0 Å². The van der Waals surface area contributed by atoms with E-state index in [-0.39, 0.29) is 36.1 Å². The summed E-state index contributed by atoms with van der Waals surface area (Å²) in [4.78, 5) is 25.4. The van der Waals surface area contributed by atoms with Gasteiger partial charge in [-0.3, -0.25) is 14.5 Å². The number of anilines is 1. The minimum Gasteiger partial charge on any atom is -0.383 e. The van der Waals surface area contributed by atoms with Gasteiger partial charge in [0.1, 0.15) is 5.60 Å². The van der Waals surface area contributed by atoms with Gasteiger partial charge in [0.05, 0.1) is 10.6 Å². The van der Waals surface area contributed by atoms with Crippen LogP contribution in [0.4, 0.5) is 5.69 Å². The van der Waals surface area contributed by atoms with E-state index in [1.165, 1.54) is 35.6 Å². The molecule has 1 aromatic heterocycles. The van der Waals surface area contributed by atoms with Gasteiger partial charge in [0.25, 0.3) is 0 Å². The standard InChI is InChI=1S/C21H20N2O5S2/c1-21(26,18-12-14-4-2-3-5-17(14)29-18)13-22-30(27,28)16-8-6-15(7-9-16)23-19(24)10-11-20(23)25/h2-9,12,22,26H,10-11,13H2,1H3. The molecule has 4 rings (SSSR count). The average Bonchev–Trinajstić information content (AvgIpc) is 3.30. The van der Waals surface area contributed by atoms with Gasteiger partial charge in [0, 0.05) is 29.0 Å². The number of rotatable bonds is 6. The van der Waals surface area contributed by atoms with Crippen LogP contribution in [-0.2, 0) is 25.2 Å². The molecular weight excluding hydrogens is 424 g/mol. The number of thiophene rings is 1. The van der Waals surface area contributed by atoms with Crippen LogP contribution in [0.5, 0.6) is 0 Å². The molecule has 1 atom stereocenters. The first-order chi connectivity index (χ1) is 14.2. The first kappa shape index (κ1) is 20.7. The van der Waals surface area contributed by atoms with Crippen molar-refractivity contribution in [3.05, 3.63) is 59.5 Å². The highest BCUT2D eigenvalue weighted by Crippen LogP contribution is 2.33. The largest absolute Gasteiger partial charge is 0.383 e. The Balaban J connectivity index is 1.49. The molecule has 0 aliphatic carbocycles. The molecule has 9 heteroatoms. The second kappa shape index (κ2) is 7.59. The lowest BCUT2D eigenvalue weighted by Crippen LogP contribution is -2.38. The van der Waals surface area contributed by atoms with Crippen LogP contribution in [0.1, 0.15) is 24.6 Å². The van der Waals surface area contributed by atoms with E-state index in [9.17, 15) is 23.1 Å². The third kappa shape index (κ3) is 3.89. The number of carbonyl (C=O) groups excluding carboxylic acids is 2. The first-order valence-electron chi connectivity index (χ1n) is 9.34. The van der Waals surface area contributed by atoms with Crippen molar-refractivity contribution in [2.24, 2.45) is 0 Å². The third-order valence-electron chi connectivity index (χ3n) is 5.02. The highest BCUT2D eigenvalue weighted by atomic mass is 32.2. The zero-order chi connectivity index (χ0) is 21.5. The first-order valence-corrected chi connectivity index (χ1v) is 11.6. The molecule has 156 valence electrons. The maximum atomic E-state index is 12.7. The lowest BCUT2D eigenvalue weighted by atomic mass is 10.1. The Hall–Kier alpha value is -2.59. The highest BCUT2D eigenvalue weighted by Gasteiger charge is 2.31. The van der Waals surface area contributed by atoms with E-state index in [4.69, 9.17) is 0 Å². The second-order valence-corrected chi connectivity index (χ2v) is 10.2. The van der Waals surface area contributed by atoms with E-state index in [0.29, 0.717) is 10.6 Å². The van der Waals surface area contributed by atoms with E-state index < -0.39 is 15.6 Å². The Morgan fingerprint density at radius 1 is 1.07 bits per heavy atom. The summed E-state index contributed by atoms with van der Waals surface area (Å²) in [6.45, 7) is 1.36. The molecule has 0 spiro atoms. The number of benzene rings is 2. The molecule has 30 heavy (non-hydrogen) atoms. The Labute approximate surface area is 178 Å². The monoisotopic (exact) mass is 444 g/mol. The van der Waals surface area contributed by atoms with Crippen LogP contribution in [0.2, 0.25) is 0 Å². The van der Waals surface area contributed by atoms with Crippen LogP contribution in [-0.4, -0.2) is 31.9 Å². The van der Waals surface area contributed by atoms with E-state index in [2.05, 4.69) is 4.72 Å². The minimum atomic E-state index is -3.89. The van der Waals surface area contributed by atoms with E-state index >= 15 is 0 Å². The van der Waals surface area contributed by atoms with E-state index in [1.54, 1.807) is 6.92 Å². The van der Waals surface area contributed by atoms with Gasteiger partial charge in [-0.1, -0.05) is 18.2 Å². The molecular formula is C21H20N2O5S2. The molecule has 1 aliphatic rings. The van der Waals surface area contributed by atoms with Crippen molar-refractivity contribution in [2.75, 3.05) is 11.4 Å². The molecule has 2 heterocycles. The average molecular weight is 445 g/mol. The lowest BCUT2D eigenvalue weighted by molar-refractivity contribution is -0.121. The van der Waals surface area contributed by atoms with Gasteiger partial charge in [-0.25, -0.2) is 13.1 Å². The number of carbonyl (C=O) groups is 2. The van der Waals surface area contributed by atoms with Crippen LogP contribution in [0.25, 0.3) is 10.1 Å². The summed E-state index contributed by atoms with van der Waals surface area (Å²) < 4.78 is 28.8. The third-order valence-corrected chi connectivity index (χ3v) is 7.81. The molecule has 1 fully saturated rings. The fourth-order valence-electron chi connectivity index (χ4n) is 3.29. The Morgan fingerprint density at radius 2 is 1.70 bits per heavy atom. The van der Waals surface area contributed by atoms with Crippen molar-refractivity contribution in [1.29, 1.82) is 0 Å². The number of nitrogens with one attached hydrogen (secondary N) is 1. The second-order valence-electron chi connectivity index (χ2n) is 7.36. The SMILES string of the molecule is CC(O)(CNS(=O)(=O)c1ccc(N2C(=O)CCC2=O)cc1)c1cc2ccccc2s1. The van der Waals surface area contributed by atoms with Crippen LogP contribution < -0.4 is 9.62 Å². The maximum Gasteiger partial charge on any atom is 0.240 e. The topological polar surface area (TPSA) is 104 Å². The molecule has 2 aromatic carbocycles. The van der Waals surface area contributed by atoms with Crippen molar-refractivity contribution in [1.82, 2.24) is 4.72 Å². The zero-order valence-corrected chi connectivity index (χ0v) is 17.8. The highest BCUT2D eigenvalue weighted by molar-refractivity contribution is 7.89. The number of sulfonamides is 1. The molecule has 1 saturated heterocycles. The van der Waals surface area contributed by atoms with Gasteiger partial charge in [-0.15, -0.1) is 11.3 Å². The smallest absolute Gasteiger partial charge is 0.240 e. The molecule has 2 amide bonds. The maximum absolute atomic E-state index is 12.7. The van der Waals surface area contributed by atoms with Crippen molar-refractivity contribution in [3.8, 4) is 0 Å². The molecule has 0 bridgehead atoms. The molecule has 0 saturated carbocycles. The predicted octanol–water partition coefficient (Wildman–Crippen LogP) is 2.74. The van der Waals surface area contributed by atoms with E-state index in [1.807, 2.05) is 30.3 Å². The van der Waals surface area contributed by atoms with Gasteiger partial charge >= 0.3 is 0 Å². The predicted molar refractivity (Wildman–Crippen MR) is 115 cm³/mol. The van der Waals surface area contributed by atoms with Gasteiger partial charge in [0.15, 0.2) is 0 Å². The molecule has 7 nitrogen and oxygen atoms in total. The molecule has 1 aliphatic heterocycles. The number of nitrogens with zero attached hydrogens (tertiary/aromatic N) is 1. The lowest BCUT2D eigenvalue weighted by Gasteiger charge is -2.22. The number of imide groups is 1. The normalized spacial score (nSPS) is 16.9. The molecule has 0 radical (unpaired) electrons. The fraction of sp³-hybridized carbons (Fsp3) is 0.238. The number of aliphatic hydroxyl groups is 1. The van der Waals surface area contributed by atoms with Gasteiger partial charge in [0.2, 0.25) is 21.8 Å². The summed E-state index contributed by atoms with van der Waals surface area (Å²) in [6, 6.07) is 15.1. The summed E-state index contributed by atoms with van der Waals surface area (Å²) in [7, 11) is -3.89. The van der Waals surface area contributed by atoms with Crippen molar-refractivity contribution in [3.63, 3.8) is 0 Å². The minimum absolute atomic E-state index is 0.0162. The Bertz CT molecular complexity index is 1180. The molecule has 2 N–H and O–H groups in total. The fourth-order valence-corrected chi connectivity index (χ4v) is 5.53. The summed E-state index contributed by atoms with van der Waals surface area (Å²) in [5.74, 6) is -0.596. The van der Waals surface area contributed by atoms with Gasteiger partial charge in [-0.05, 0) is 48.7 Å². The van der Waals surface area contributed by atoms with Crippen molar-refractivity contribution in [2.45, 2.75) is 30.3 Å². The summed E-state index contributed by atoms with van der Waals surface area (Å²) >= 11 is 1.41. The Kier molecular flexibility index (Phi) is 5.23. The quantitative estimate of drug-likeness (QED) is 0.569. The number of fused-ring (bicyclic) bond motifs is 1. The number of hydrogen-bond donors (Lipinski definition) is 2. The number of amides is 2. The summed E-state index contributed by atoms with van der Waals surface area (Å²) in [5.41, 5.74) is -1.04. The van der Waals surface area contributed by atoms with Gasteiger partial charge < -0.3 is 5.11 Å². The summed E-state index contributed by atoms with van der Waals surface area (Å²) in [5, 5.41) is 11.8. The van der Waals surface area contributed by atoms with Crippen LogP contribution in [0, 0.1) is 0 Å². The van der Waals surface area contributed by atoms with Gasteiger partial charge in [-0.2, -0.15) is 0 Å². The number of hydrogen-bond acceptors (Lipinski definition) is 6. The Morgan fingerprint density at radius 3 is 2.33 bits per heavy atom.